The molecule has 10 nitrogen and oxygen atoms in total. The molecule has 6 rings (SSSR count). The average Bonchev–Trinajstić information content (AvgIpc) is 3.50. The van der Waals surface area contributed by atoms with E-state index in [2.05, 4.69) is 45.9 Å². The van der Waals surface area contributed by atoms with Crippen LogP contribution in [-0.2, 0) is 18.2 Å². The van der Waals surface area contributed by atoms with E-state index < -0.39 is 5.60 Å². The van der Waals surface area contributed by atoms with Gasteiger partial charge in [-0.2, -0.15) is 9.97 Å². The van der Waals surface area contributed by atoms with Gasteiger partial charge in [-0.1, -0.05) is 19.1 Å². The van der Waals surface area contributed by atoms with Crippen LogP contribution in [0.4, 0.5) is 5.82 Å². The predicted molar refractivity (Wildman–Crippen MR) is 152 cm³/mol. The standard InChI is InChI=1S/C29H40N8O2/c1-6-23-30-21-9-7-8-10-22(21)37(23)28-32-26-24(27(33-28)36-15-17-39-18-16-36)31-25(34(26)5)19(2)35-13-11-20(12-14-35)29(3,4)38/h7-10,19-20,38H,6,11-18H2,1-5H3. The summed E-state index contributed by atoms with van der Waals surface area (Å²) in [4.78, 5) is 25.1. The normalized spacial score (nSPS) is 18.9. The van der Waals surface area contributed by atoms with Gasteiger partial charge >= 0.3 is 0 Å². The van der Waals surface area contributed by atoms with Crippen molar-refractivity contribution in [1.82, 2.24) is 34.0 Å². The van der Waals surface area contributed by atoms with Crippen LogP contribution in [0.2, 0.25) is 0 Å². The van der Waals surface area contributed by atoms with Gasteiger partial charge in [0.05, 0.1) is 35.9 Å². The molecular formula is C29H40N8O2. The van der Waals surface area contributed by atoms with E-state index in [9.17, 15) is 5.11 Å². The first-order valence-corrected chi connectivity index (χ1v) is 14.3. The number of hydrogen-bond donors (Lipinski definition) is 1. The lowest BCUT2D eigenvalue weighted by atomic mass is 9.83. The summed E-state index contributed by atoms with van der Waals surface area (Å²) in [6, 6.07) is 8.29. The Hall–Kier alpha value is -3.08. The monoisotopic (exact) mass is 532 g/mol. The predicted octanol–water partition coefficient (Wildman–Crippen LogP) is 3.65. The van der Waals surface area contributed by atoms with Gasteiger partial charge in [0, 0.05) is 26.6 Å². The lowest BCUT2D eigenvalue weighted by molar-refractivity contribution is -0.0185. The second kappa shape index (κ2) is 10.1. The zero-order valence-corrected chi connectivity index (χ0v) is 23.8. The second-order valence-electron chi connectivity index (χ2n) is 11.5. The van der Waals surface area contributed by atoms with Gasteiger partial charge in [-0.05, 0) is 64.8 Å². The van der Waals surface area contributed by atoms with Crippen LogP contribution >= 0.6 is 0 Å². The Morgan fingerprint density at radius 2 is 1.74 bits per heavy atom. The maximum atomic E-state index is 10.5. The van der Waals surface area contributed by atoms with E-state index in [4.69, 9.17) is 24.7 Å². The van der Waals surface area contributed by atoms with Crippen LogP contribution < -0.4 is 4.90 Å². The lowest BCUT2D eigenvalue weighted by Crippen LogP contribution is -2.43. The first-order valence-electron chi connectivity index (χ1n) is 14.3. The summed E-state index contributed by atoms with van der Waals surface area (Å²) in [5, 5.41) is 10.5. The highest BCUT2D eigenvalue weighted by Gasteiger charge is 2.34. The highest BCUT2D eigenvalue weighted by Crippen LogP contribution is 2.34. The number of benzene rings is 1. The Morgan fingerprint density at radius 1 is 1.03 bits per heavy atom. The largest absolute Gasteiger partial charge is 0.390 e. The molecule has 1 aromatic carbocycles. The number of ether oxygens (including phenoxy) is 1. The molecule has 10 heteroatoms. The van der Waals surface area contributed by atoms with Crippen LogP contribution in [0.15, 0.2) is 24.3 Å². The maximum absolute atomic E-state index is 10.5. The number of aromatic nitrogens is 6. The van der Waals surface area contributed by atoms with Crippen molar-refractivity contribution in [1.29, 1.82) is 0 Å². The van der Waals surface area contributed by atoms with Gasteiger partial charge in [-0.25, -0.2) is 9.97 Å². The molecule has 1 atom stereocenters. The first kappa shape index (κ1) is 26.2. The van der Waals surface area contributed by atoms with Crippen molar-refractivity contribution in [2.75, 3.05) is 44.3 Å². The van der Waals surface area contributed by atoms with Gasteiger partial charge in [0.2, 0.25) is 5.95 Å². The number of imidazole rings is 2. The van der Waals surface area contributed by atoms with Gasteiger partial charge in [0.1, 0.15) is 11.6 Å². The lowest BCUT2D eigenvalue weighted by Gasteiger charge is -2.40. The van der Waals surface area contributed by atoms with Crippen LogP contribution in [0.1, 0.15) is 58.2 Å². The van der Waals surface area contributed by atoms with Gasteiger partial charge in [-0.3, -0.25) is 9.47 Å². The van der Waals surface area contributed by atoms with Crippen LogP contribution in [0.5, 0.6) is 0 Å². The van der Waals surface area contributed by atoms with E-state index in [0.717, 1.165) is 85.1 Å². The molecule has 208 valence electrons. The fraction of sp³-hybridized carbons (Fsp3) is 0.586. The van der Waals surface area contributed by atoms with Crippen molar-refractivity contribution in [3.63, 3.8) is 0 Å². The number of aryl methyl sites for hydroxylation is 2. The summed E-state index contributed by atoms with van der Waals surface area (Å²) in [6.45, 7) is 12.9. The Morgan fingerprint density at radius 3 is 2.44 bits per heavy atom. The Kier molecular flexibility index (Phi) is 6.81. The molecular weight excluding hydrogens is 492 g/mol. The average molecular weight is 533 g/mol. The molecule has 4 aromatic rings. The third kappa shape index (κ3) is 4.68. The maximum Gasteiger partial charge on any atom is 0.239 e. The summed E-state index contributed by atoms with van der Waals surface area (Å²) < 4.78 is 9.89. The van der Waals surface area contributed by atoms with E-state index in [1.54, 1.807) is 0 Å². The summed E-state index contributed by atoms with van der Waals surface area (Å²) in [6.07, 6.45) is 2.74. The summed E-state index contributed by atoms with van der Waals surface area (Å²) >= 11 is 0. The molecule has 0 saturated carbocycles. The van der Waals surface area contributed by atoms with Gasteiger partial charge in [0.15, 0.2) is 17.0 Å². The van der Waals surface area contributed by atoms with Crippen molar-refractivity contribution in [2.24, 2.45) is 13.0 Å². The molecule has 0 aliphatic carbocycles. The number of likely N-dealkylation sites (tertiary alicyclic amines) is 1. The number of hydrogen-bond acceptors (Lipinski definition) is 8. The fourth-order valence-electron chi connectivity index (χ4n) is 6.21. The zero-order valence-electron chi connectivity index (χ0n) is 23.8. The molecule has 2 saturated heterocycles. The van der Waals surface area contributed by atoms with Gasteiger partial charge in [0.25, 0.3) is 0 Å². The molecule has 5 heterocycles. The molecule has 2 fully saturated rings. The Balaban J connectivity index is 1.45. The SMILES string of the molecule is CCc1nc2ccccc2n1-c1nc(N2CCOCC2)c2nc(C(C)N3CCC(C(C)(C)O)CC3)n(C)c2n1. The molecule has 3 aromatic heterocycles. The molecule has 0 spiro atoms. The third-order valence-corrected chi connectivity index (χ3v) is 8.63. The molecule has 0 bridgehead atoms. The van der Waals surface area contributed by atoms with Crippen LogP contribution in [0, 0.1) is 5.92 Å². The van der Waals surface area contributed by atoms with E-state index in [1.165, 1.54) is 0 Å². The number of fused-ring (bicyclic) bond motifs is 2. The number of rotatable bonds is 6. The minimum Gasteiger partial charge on any atom is -0.390 e. The van der Waals surface area contributed by atoms with E-state index in [1.807, 2.05) is 32.0 Å². The second-order valence-corrected chi connectivity index (χ2v) is 11.5. The molecule has 1 unspecified atom stereocenters. The third-order valence-electron chi connectivity index (χ3n) is 8.63. The Labute approximate surface area is 229 Å². The zero-order chi connectivity index (χ0) is 27.3. The highest BCUT2D eigenvalue weighted by atomic mass is 16.5. The molecule has 0 radical (unpaired) electrons. The highest BCUT2D eigenvalue weighted by molar-refractivity contribution is 5.86. The molecule has 2 aliphatic heterocycles. The fourth-order valence-corrected chi connectivity index (χ4v) is 6.21. The summed E-state index contributed by atoms with van der Waals surface area (Å²) in [7, 11) is 2.07. The smallest absolute Gasteiger partial charge is 0.239 e. The minimum atomic E-state index is -0.638. The number of piperidine rings is 1. The number of morpholine rings is 1. The van der Waals surface area contributed by atoms with E-state index in [-0.39, 0.29) is 6.04 Å². The molecule has 0 amide bonds. The molecule has 39 heavy (non-hydrogen) atoms. The molecule has 1 N–H and O–H groups in total. The first-order chi connectivity index (χ1) is 18.8. The van der Waals surface area contributed by atoms with Crippen LogP contribution in [-0.4, -0.2) is 84.1 Å². The van der Waals surface area contributed by atoms with Gasteiger partial charge in [-0.15, -0.1) is 0 Å². The van der Waals surface area contributed by atoms with Crippen molar-refractivity contribution in [2.45, 2.75) is 58.6 Å². The van der Waals surface area contributed by atoms with Crippen molar-refractivity contribution < 1.29 is 9.84 Å². The summed E-state index contributed by atoms with van der Waals surface area (Å²) in [5.41, 5.74) is 2.97. The van der Waals surface area contributed by atoms with Gasteiger partial charge < -0.3 is 19.3 Å². The van der Waals surface area contributed by atoms with E-state index in [0.29, 0.717) is 25.1 Å². The van der Waals surface area contributed by atoms with Crippen molar-refractivity contribution in [3.05, 3.63) is 35.9 Å². The van der Waals surface area contributed by atoms with Crippen LogP contribution in [0.3, 0.4) is 0 Å². The number of aliphatic hydroxyl groups is 1. The molecule has 2 aliphatic rings. The number of para-hydroxylation sites is 2. The van der Waals surface area contributed by atoms with Crippen molar-refractivity contribution >= 4 is 28.0 Å². The van der Waals surface area contributed by atoms with E-state index >= 15 is 0 Å². The quantitative estimate of drug-likeness (QED) is 0.402. The van der Waals surface area contributed by atoms with Crippen molar-refractivity contribution in [3.8, 4) is 5.95 Å². The number of nitrogens with zero attached hydrogens (tertiary/aromatic N) is 8. The summed E-state index contributed by atoms with van der Waals surface area (Å²) in [5.74, 6) is 3.73. The number of anilines is 1. The van der Waals surface area contributed by atoms with Crippen LogP contribution in [0.25, 0.3) is 28.1 Å². The Bertz CT molecular complexity index is 1470. The minimum absolute atomic E-state index is 0.119. The topological polar surface area (TPSA) is 97.4 Å².